The van der Waals surface area contributed by atoms with Crippen molar-refractivity contribution in [1.29, 1.82) is 0 Å². The Balaban J connectivity index is 1.41. The van der Waals surface area contributed by atoms with E-state index < -0.39 is 0 Å². The Morgan fingerprint density at radius 3 is 2.35 bits per heavy atom. The fraction of sp³-hybridized carbons (Fsp3) is 0.240. The van der Waals surface area contributed by atoms with Gasteiger partial charge in [0.05, 0.1) is 11.7 Å². The lowest BCUT2D eigenvalue weighted by molar-refractivity contribution is -0.124. The topological polar surface area (TPSA) is 65.5 Å². The molecule has 1 atom stereocenters. The number of pyridine rings is 1. The third-order valence-corrected chi connectivity index (χ3v) is 6.01. The van der Waals surface area contributed by atoms with Crippen molar-refractivity contribution < 1.29 is 9.59 Å². The summed E-state index contributed by atoms with van der Waals surface area (Å²) in [6.07, 6.45) is 3.49. The first kappa shape index (κ1) is 19.3. The molecule has 3 aromatic rings. The number of benzene rings is 2. The van der Waals surface area contributed by atoms with Crippen molar-refractivity contribution in [2.45, 2.75) is 24.9 Å². The second kappa shape index (κ2) is 8.22. The highest BCUT2D eigenvalue weighted by molar-refractivity contribution is 6.08. The van der Waals surface area contributed by atoms with Gasteiger partial charge in [0, 0.05) is 12.7 Å². The van der Waals surface area contributed by atoms with Gasteiger partial charge in [-0.25, -0.2) is 4.98 Å². The van der Waals surface area contributed by atoms with Crippen LogP contribution in [0.1, 0.15) is 30.0 Å². The molecule has 31 heavy (non-hydrogen) atoms. The normalized spacial score (nSPS) is 17.5. The second-order valence-electron chi connectivity index (χ2n) is 7.94. The molecule has 1 saturated heterocycles. The Hall–Kier alpha value is -3.67. The molecule has 2 aliphatic rings. The summed E-state index contributed by atoms with van der Waals surface area (Å²) in [5.41, 5.74) is 2.70. The van der Waals surface area contributed by atoms with Crippen molar-refractivity contribution in [3.63, 3.8) is 0 Å². The molecule has 0 saturated carbocycles. The Bertz CT molecular complexity index is 1050. The van der Waals surface area contributed by atoms with Gasteiger partial charge in [-0.1, -0.05) is 60.7 Å². The molecule has 0 radical (unpaired) electrons. The average molecular weight is 412 g/mol. The molecule has 156 valence electrons. The van der Waals surface area contributed by atoms with Gasteiger partial charge in [0.1, 0.15) is 12.6 Å². The highest BCUT2D eigenvalue weighted by Crippen LogP contribution is 2.38. The summed E-state index contributed by atoms with van der Waals surface area (Å²) in [5, 5.41) is 3.14. The maximum absolute atomic E-state index is 13.2. The van der Waals surface area contributed by atoms with Crippen LogP contribution in [0.15, 0.2) is 79.0 Å². The first-order chi connectivity index (χ1) is 15.2. The number of hydrogen-bond acceptors (Lipinski definition) is 4. The number of nitrogens with zero attached hydrogens (tertiary/aromatic N) is 3. The predicted molar refractivity (Wildman–Crippen MR) is 120 cm³/mol. The molecular formula is C25H24N4O2. The Morgan fingerprint density at radius 1 is 1.00 bits per heavy atom. The zero-order valence-corrected chi connectivity index (χ0v) is 17.1. The molecule has 2 amide bonds. The maximum atomic E-state index is 13.2. The largest absolute Gasteiger partial charge is 0.344 e. The monoisotopic (exact) mass is 412 g/mol. The van der Waals surface area contributed by atoms with E-state index in [1.807, 2.05) is 72.8 Å². The number of aromatic nitrogens is 1. The van der Waals surface area contributed by atoms with Gasteiger partial charge >= 0.3 is 0 Å². The fourth-order valence-corrected chi connectivity index (χ4v) is 4.56. The lowest BCUT2D eigenvalue weighted by Crippen LogP contribution is -2.53. The van der Waals surface area contributed by atoms with Crippen LogP contribution in [0.5, 0.6) is 0 Å². The van der Waals surface area contributed by atoms with Gasteiger partial charge in [-0.05, 0) is 36.1 Å². The van der Waals surface area contributed by atoms with E-state index in [9.17, 15) is 9.59 Å². The van der Waals surface area contributed by atoms with Crippen LogP contribution in [0.4, 0.5) is 11.5 Å². The van der Waals surface area contributed by atoms with E-state index in [1.54, 1.807) is 11.1 Å². The molecular weight excluding hydrogens is 388 g/mol. The number of amides is 2. The van der Waals surface area contributed by atoms with Crippen molar-refractivity contribution in [2.24, 2.45) is 0 Å². The number of rotatable bonds is 5. The van der Waals surface area contributed by atoms with E-state index >= 15 is 0 Å². The molecule has 2 aromatic carbocycles. The Morgan fingerprint density at radius 2 is 1.68 bits per heavy atom. The van der Waals surface area contributed by atoms with Crippen LogP contribution in [0, 0.1) is 0 Å². The summed E-state index contributed by atoms with van der Waals surface area (Å²) in [4.78, 5) is 34.6. The van der Waals surface area contributed by atoms with E-state index in [2.05, 4.69) is 15.2 Å². The van der Waals surface area contributed by atoms with E-state index in [-0.39, 0.29) is 30.4 Å². The average Bonchev–Trinajstić information content (AvgIpc) is 3.32. The summed E-state index contributed by atoms with van der Waals surface area (Å²) in [6, 6.07) is 22.9. The highest BCUT2D eigenvalue weighted by Gasteiger charge is 2.42. The molecule has 1 aromatic heterocycles. The molecule has 2 aliphatic heterocycles. The number of fused-ring (bicyclic) bond motifs is 3. The van der Waals surface area contributed by atoms with Gasteiger partial charge in [0.25, 0.3) is 0 Å². The smallest absolute Gasteiger partial charge is 0.250 e. The zero-order valence-electron chi connectivity index (χ0n) is 17.1. The summed E-state index contributed by atoms with van der Waals surface area (Å²) in [5.74, 6) is 0.566. The molecule has 0 bridgehead atoms. The van der Waals surface area contributed by atoms with Crippen LogP contribution in [0.25, 0.3) is 0 Å². The summed E-state index contributed by atoms with van der Waals surface area (Å²) in [6.45, 7) is 0.794. The number of carbonyl (C=O) groups is 2. The molecule has 0 spiro atoms. The van der Waals surface area contributed by atoms with Gasteiger partial charge in [0.15, 0.2) is 5.82 Å². The van der Waals surface area contributed by atoms with E-state index in [1.165, 1.54) is 0 Å². The molecule has 0 aliphatic carbocycles. The minimum atomic E-state index is -0.286. The van der Waals surface area contributed by atoms with Crippen molar-refractivity contribution in [3.8, 4) is 0 Å². The van der Waals surface area contributed by atoms with Gasteiger partial charge in [0.2, 0.25) is 11.8 Å². The lowest BCUT2D eigenvalue weighted by Gasteiger charge is -2.38. The number of anilines is 2. The lowest BCUT2D eigenvalue weighted by atomic mass is 9.98. The molecule has 1 fully saturated rings. The number of nitrogens with one attached hydrogen (secondary N) is 1. The Kier molecular flexibility index (Phi) is 5.12. The van der Waals surface area contributed by atoms with Crippen LogP contribution in [-0.2, 0) is 9.59 Å². The minimum Gasteiger partial charge on any atom is -0.344 e. The fourth-order valence-electron chi connectivity index (χ4n) is 4.56. The molecule has 1 N–H and O–H groups in total. The maximum Gasteiger partial charge on any atom is 0.250 e. The van der Waals surface area contributed by atoms with Crippen LogP contribution in [0.3, 0.4) is 0 Å². The van der Waals surface area contributed by atoms with Crippen LogP contribution in [-0.4, -0.2) is 35.9 Å². The summed E-state index contributed by atoms with van der Waals surface area (Å²) in [7, 11) is 0. The predicted octanol–water partition coefficient (Wildman–Crippen LogP) is 3.30. The standard InChI is InChI=1S/C25H24N4O2/c30-22(27-23(18-9-3-1-4-10-18)19-11-5-2-6-12-19)17-29-20-13-7-15-26-24(20)28-16-8-14-21(28)25(29)31/h1-7,9-13,15,21,23H,8,14,16-17H2,(H,27,30)/t21-/m1/s1. The van der Waals surface area contributed by atoms with Crippen LogP contribution in [0.2, 0.25) is 0 Å². The van der Waals surface area contributed by atoms with E-state index in [0.717, 1.165) is 36.3 Å². The van der Waals surface area contributed by atoms with E-state index in [0.29, 0.717) is 5.69 Å². The first-order valence-corrected chi connectivity index (χ1v) is 10.6. The van der Waals surface area contributed by atoms with Crippen molar-refractivity contribution in [1.82, 2.24) is 10.3 Å². The van der Waals surface area contributed by atoms with Crippen LogP contribution >= 0.6 is 0 Å². The van der Waals surface area contributed by atoms with Gasteiger partial charge < -0.3 is 10.2 Å². The van der Waals surface area contributed by atoms with Crippen LogP contribution < -0.4 is 15.1 Å². The highest BCUT2D eigenvalue weighted by atomic mass is 16.2. The number of carbonyl (C=O) groups excluding carboxylic acids is 2. The molecule has 6 heteroatoms. The molecule has 0 unspecified atom stereocenters. The van der Waals surface area contributed by atoms with Crippen molar-refractivity contribution in [3.05, 3.63) is 90.1 Å². The summed E-state index contributed by atoms with van der Waals surface area (Å²) < 4.78 is 0. The minimum absolute atomic E-state index is 0.0240. The van der Waals surface area contributed by atoms with Gasteiger partial charge in [-0.2, -0.15) is 0 Å². The zero-order chi connectivity index (χ0) is 21.2. The van der Waals surface area contributed by atoms with Gasteiger partial charge in [-0.15, -0.1) is 0 Å². The quantitative estimate of drug-likeness (QED) is 0.698. The molecule has 3 heterocycles. The summed E-state index contributed by atoms with van der Waals surface area (Å²) >= 11 is 0. The van der Waals surface area contributed by atoms with Crippen molar-refractivity contribution >= 4 is 23.3 Å². The van der Waals surface area contributed by atoms with Crippen molar-refractivity contribution in [2.75, 3.05) is 22.9 Å². The second-order valence-corrected chi connectivity index (χ2v) is 7.94. The SMILES string of the molecule is O=C(CN1C(=O)[C@H]2CCCN2c2ncccc21)NC(c1ccccc1)c1ccccc1. The van der Waals surface area contributed by atoms with Gasteiger partial charge in [-0.3, -0.25) is 14.5 Å². The molecule has 5 rings (SSSR count). The first-order valence-electron chi connectivity index (χ1n) is 10.6. The van der Waals surface area contributed by atoms with E-state index in [4.69, 9.17) is 0 Å². The number of hydrogen-bond donors (Lipinski definition) is 1. The Labute approximate surface area is 181 Å². The third-order valence-electron chi connectivity index (χ3n) is 6.01. The molecule has 6 nitrogen and oxygen atoms in total. The third kappa shape index (κ3) is 3.65.